The molecule has 1 aromatic heterocycles. The molecule has 0 radical (unpaired) electrons. The Balaban J connectivity index is 1.89. The zero-order chi connectivity index (χ0) is 19.4. The molecule has 1 unspecified atom stereocenters. The molecule has 0 spiro atoms. The summed E-state index contributed by atoms with van der Waals surface area (Å²) in [5.41, 5.74) is 3.67. The van der Waals surface area contributed by atoms with Crippen LogP contribution >= 0.6 is 35.2 Å². The number of hydrogen-bond acceptors (Lipinski definition) is 3. The summed E-state index contributed by atoms with van der Waals surface area (Å²) in [6, 6.07) is 9.59. The van der Waals surface area contributed by atoms with Crippen molar-refractivity contribution in [3.05, 3.63) is 57.7 Å². The van der Waals surface area contributed by atoms with Crippen LogP contribution < -0.4 is 9.50 Å². The maximum absolute atomic E-state index is 6.24. The molecule has 2 N–H and O–H groups in total. The van der Waals surface area contributed by atoms with Crippen LogP contribution in [-0.2, 0) is 0 Å². The van der Waals surface area contributed by atoms with Crippen molar-refractivity contribution in [1.29, 1.82) is 0 Å². The first-order chi connectivity index (χ1) is 13.0. The van der Waals surface area contributed by atoms with Crippen molar-refractivity contribution in [2.24, 2.45) is 0 Å². The zero-order valence-corrected chi connectivity index (χ0v) is 18.1. The molecule has 0 aliphatic rings. The molecule has 0 aliphatic carbocycles. The van der Waals surface area contributed by atoms with Gasteiger partial charge < -0.3 is 14.5 Å². The highest BCUT2D eigenvalue weighted by Gasteiger charge is 2.16. The lowest BCUT2D eigenvalue weighted by molar-refractivity contribution is 0.584. The molecule has 2 aromatic carbocycles. The van der Waals surface area contributed by atoms with E-state index in [1.54, 1.807) is 0 Å². The van der Waals surface area contributed by atoms with Crippen molar-refractivity contribution in [2.75, 3.05) is 13.6 Å². The Labute approximate surface area is 175 Å². The third-order valence-electron chi connectivity index (χ3n) is 4.81. The number of fused-ring (bicyclic) bond motifs is 1. The van der Waals surface area contributed by atoms with Gasteiger partial charge in [0.15, 0.2) is 0 Å². The predicted octanol–water partition coefficient (Wildman–Crippen LogP) is 6.97. The van der Waals surface area contributed by atoms with Gasteiger partial charge in [-0.1, -0.05) is 36.2 Å². The summed E-state index contributed by atoms with van der Waals surface area (Å²) in [6.07, 6.45) is 4.35. The van der Waals surface area contributed by atoms with Gasteiger partial charge in [0.2, 0.25) is 0 Å². The van der Waals surface area contributed by atoms with Crippen LogP contribution in [0.1, 0.15) is 36.8 Å². The van der Waals surface area contributed by atoms with E-state index in [4.69, 9.17) is 27.4 Å². The first-order valence-electron chi connectivity index (χ1n) is 9.09. The lowest BCUT2D eigenvalue weighted by atomic mass is 9.92. The van der Waals surface area contributed by atoms with E-state index in [1.165, 1.54) is 28.5 Å². The average Bonchev–Trinajstić information content (AvgIpc) is 3.07. The van der Waals surface area contributed by atoms with Gasteiger partial charge >= 0.3 is 0 Å². The molecule has 1 atom stereocenters. The molecule has 0 amide bonds. The van der Waals surface area contributed by atoms with Crippen LogP contribution in [0.15, 0.2) is 41.4 Å². The van der Waals surface area contributed by atoms with Gasteiger partial charge in [-0.2, -0.15) is 0 Å². The fourth-order valence-corrected chi connectivity index (χ4v) is 4.49. The predicted molar refractivity (Wildman–Crippen MR) is 118 cm³/mol. The molecule has 3 nitrogen and oxygen atoms in total. The molecule has 144 valence electrons. The maximum Gasteiger partial charge on any atom is 0.138 e. The maximum atomic E-state index is 6.24. The van der Waals surface area contributed by atoms with Crippen LogP contribution in [0.5, 0.6) is 5.75 Å². The van der Waals surface area contributed by atoms with Crippen LogP contribution in [-0.4, -0.2) is 18.6 Å². The number of hydrogen-bond donors (Lipinski definition) is 2. The van der Waals surface area contributed by atoms with E-state index >= 15 is 0 Å². The summed E-state index contributed by atoms with van der Waals surface area (Å²) in [6.45, 7) is 5.33. The lowest BCUT2D eigenvalue weighted by Crippen LogP contribution is -2.11. The van der Waals surface area contributed by atoms with Gasteiger partial charge in [0.25, 0.3) is 0 Å². The van der Waals surface area contributed by atoms with Gasteiger partial charge in [-0.05, 0) is 74.7 Å². The molecular formula is C21H24Cl2N2OS. The second-order valence-electron chi connectivity index (χ2n) is 6.62. The summed E-state index contributed by atoms with van der Waals surface area (Å²) in [4.78, 5) is 4.17. The first-order valence-corrected chi connectivity index (χ1v) is 10.6. The Bertz CT molecular complexity index is 906. The number of aromatic nitrogens is 1. The Kier molecular flexibility index (Phi) is 6.99. The number of aryl methyl sites for hydroxylation is 1. The molecule has 0 saturated carbocycles. The normalized spacial score (nSPS) is 12.5. The van der Waals surface area contributed by atoms with Crippen LogP contribution in [0.3, 0.4) is 0 Å². The van der Waals surface area contributed by atoms with E-state index in [1.807, 2.05) is 31.3 Å². The number of nitrogens with one attached hydrogen (secondary N) is 2. The van der Waals surface area contributed by atoms with Crippen molar-refractivity contribution in [3.8, 4) is 5.75 Å². The van der Waals surface area contributed by atoms with E-state index in [0.717, 1.165) is 35.6 Å². The second-order valence-corrected chi connectivity index (χ2v) is 8.18. The quantitative estimate of drug-likeness (QED) is 0.384. The summed E-state index contributed by atoms with van der Waals surface area (Å²) >= 11 is 13.7. The lowest BCUT2D eigenvalue weighted by Gasteiger charge is -2.15. The molecule has 3 rings (SSSR count). The summed E-state index contributed by atoms with van der Waals surface area (Å²) < 4.78 is 5.98. The Morgan fingerprint density at radius 1 is 1.22 bits per heavy atom. The molecule has 0 bridgehead atoms. The van der Waals surface area contributed by atoms with Crippen molar-refractivity contribution in [2.45, 2.75) is 37.5 Å². The van der Waals surface area contributed by atoms with Crippen LogP contribution in [0, 0.1) is 6.92 Å². The minimum absolute atomic E-state index is 0.506. The van der Waals surface area contributed by atoms with Crippen molar-refractivity contribution in [3.63, 3.8) is 0 Å². The fourth-order valence-electron chi connectivity index (χ4n) is 3.34. The van der Waals surface area contributed by atoms with Gasteiger partial charge in [0.1, 0.15) is 5.75 Å². The standard InChI is InChI=1S/C21H24Cl2N2OS/c1-4-14(8-9-24-3)17-12-25-20-13(2)10-15(11-16(17)20)26-27-21-18(22)6-5-7-19(21)23/h5-7,10-12,14,24-25H,4,8-9H2,1-3H3. The monoisotopic (exact) mass is 422 g/mol. The molecule has 3 aromatic rings. The third-order valence-corrected chi connectivity index (χ3v) is 6.54. The topological polar surface area (TPSA) is 37.0 Å². The van der Waals surface area contributed by atoms with Crippen LogP contribution in [0.25, 0.3) is 10.9 Å². The molecule has 0 saturated heterocycles. The Hall–Kier alpha value is -1.33. The summed E-state index contributed by atoms with van der Waals surface area (Å²) in [5, 5.41) is 5.65. The van der Waals surface area contributed by atoms with Gasteiger partial charge in [-0.3, -0.25) is 0 Å². The molecule has 0 aliphatic heterocycles. The van der Waals surface area contributed by atoms with Gasteiger partial charge in [0.05, 0.1) is 27.0 Å². The highest BCUT2D eigenvalue weighted by Crippen LogP contribution is 2.38. The number of aromatic amines is 1. The minimum atomic E-state index is 0.506. The van der Waals surface area contributed by atoms with Crippen molar-refractivity contribution >= 4 is 46.1 Å². The molecule has 27 heavy (non-hydrogen) atoms. The molecule has 1 heterocycles. The molecule has 0 fully saturated rings. The molecule has 6 heteroatoms. The van der Waals surface area contributed by atoms with E-state index in [9.17, 15) is 0 Å². The largest absolute Gasteiger partial charge is 0.421 e. The van der Waals surface area contributed by atoms with E-state index in [-0.39, 0.29) is 0 Å². The smallest absolute Gasteiger partial charge is 0.138 e. The van der Waals surface area contributed by atoms with Crippen molar-refractivity contribution in [1.82, 2.24) is 10.3 Å². The van der Waals surface area contributed by atoms with Gasteiger partial charge in [0, 0.05) is 17.1 Å². The number of benzene rings is 2. The SMILES string of the molecule is CCC(CCNC)c1c[nH]c2c(C)cc(OSc3c(Cl)cccc3Cl)cc12. The van der Waals surface area contributed by atoms with Gasteiger partial charge in [-0.25, -0.2) is 0 Å². The van der Waals surface area contributed by atoms with Crippen LogP contribution in [0.4, 0.5) is 0 Å². The Morgan fingerprint density at radius 2 is 1.96 bits per heavy atom. The van der Waals surface area contributed by atoms with Crippen molar-refractivity contribution < 1.29 is 4.18 Å². The van der Waals surface area contributed by atoms with E-state index < -0.39 is 0 Å². The van der Waals surface area contributed by atoms with E-state index in [0.29, 0.717) is 16.0 Å². The highest BCUT2D eigenvalue weighted by atomic mass is 35.5. The second kappa shape index (κ2) is 9.24. The number of H-pyrrole nitrogens is 1. The fraction of sp³-hybridized carbons (Fsp3) is 0.333. The minimum Gasteiger partial charge on any atom is -0.421 e. The Morgan fingerprint density at radius 3 is 2.63 bits per heavy atom. The summed E-state index contributed by atoms with van der Waals surface area (Å²) in [7, 11) is 2.00. The third kappa shape index (κ3) is 4.57. The number of rotatable bonds is 8. The zero-order valence-electron chi connectivity index (χ0n) is 15.7. The first kappa shape index (κ1) is 20.4. The van der Waals surface area contributed by atoms with E-state index in [2.05, 4.69) is 36.4 Å². The van der Waals surface area contributed by atoms with Gasteiger partial charge in [-0.15, -0.1) is 0 Å². The van der Waals surface area contributed by atoms with Crippen LogP contribution in [0.2, 0.25) is 10.0 Å². The average molecular weight is 423 g/mol. The summed E-state index contributed by atoms with van der Waals surface area (Å²) in [5.74, 6) is 1.30. The number of halogens is 2. The highest BCUT2D eigenvalue weighted by molar-refractivity contribution is 7.95. The molecular weight excluding hydrogens is 399 g/mol.